The lowest BCUT2D eigenvalue weighted by atomic mass is 10.2. The van der Waals surface area contributed by atoms with Crippen molar-refractivity contribution in [2.75, 3.05) is 20.3 Å². The van der Waals surface area contributed by atoms with Gasteiger partial charge in [-0.15, -0.1) is 11.3 Å². The van der Waals surface area contributed by atoms with Crippen LogP contribution in [0.5, 0.6) is 0 Å². The number of fused-ring (bicyclic) bond motifs is 1. The van der Waals surface area contributed by atoms with Crippen LogP contribution in [0.3, 0.4) is 0 Å². The van der Waals surface area contributed by atoms with E-state index in [0.29, 0.717) is 18.8 Å². The van der Waals surface area contributed by atoms with Crippen molar-refractivity contribution in [2.45, 2.75) is 6.42 Å². The maximum Gasteiger partial charge on any atom is 0.269 e. The third-order valence-electron chi connectivity index (χ3n) is 3.32. The van der Waals surface area contributed by atoms with E-state index in [1.807, 2.05) is 46.3 Å². The first kappa shape index (κ1) is 14.7. The van der Waals surface area contributed by atoms with Gasteiger partial charge in [-0.05, 0) is 6.42 Å². The highest BCUT2D eigenvalue weighted by atomic mass is 32.1. The van der Waals surface area contributed by atoms with E-state index in [4.69, 9.17) is 4.74 Å². The molecule has 0 aliphatic heterocycles. The van der Waals surface area contributed by atoms with E-state index >= 15 is 0 Å². The van der Waals surface area contributed by atoms with E-state index < -0.39 is 0 Å². The standard InChI is InChI=1S/C16H17N3O2S/c1-21-9-5-8-17-15(20)14-11-22-16-18-13(10-19(14)16)12-6-3-2-4-7-12/h2-4,6-7,10-11H,5,8-9H2,1H3,(H,17,20). The molecule has 5 nitrogen and oxygen atoms in total. The van der Waals surface area contributed by atoms with Crippen molar-refractivity contribution in [3.05, 3.63) is 47.6 Å². The molecule has 0 saturated carbocycles. The van der Waals surface area contributed by atoms with Gasteiger partial charge in [0.15, 0.2) is 4.96 Å². The second-order valence-electron chi connectivity index (χ2n) is 4.87. The topological polar surface area (TPSA) is 55.6 Å². The number of nitrogens with one attached hydrogen (secondary N) is 1. The summed E-state index contributed by atoms with van der Waals surface area (Å²) in [5.74, 6) is -0.0839. The molecule has 3 rings (SSSR count). The third-order valence-corrected chi connectivity index (χ3v) is 4.16. The predicted molar refractivity (Wildman–Crippen MR) is 87.3 cm³/mol. The van der Waals surface area contributed by atoms with Crippen molar-refractivity contribution in [1.82, 2.24) is 14.7 Å². The number of hydrogen-bond acceptors (Lipinski definition) is 4. The molecule has 22 heavy (non-hydrogen) atoms. The summed E-state index contributed by atoms with van der Waals surface area (Å²) in [5, 5.41) is 4.74. The number of carbonyl (C=O) groups excluding carboxylic acids is 1. The predicted octanol–water partition coefficient (Wildman–Crippen LogP) is 2.83. The van der Waals surface area contributed by atoms with Gasteiger partial charge in [0.1, 0.15) is 5.69 Å². The Labute approximate surface area is 132 Å². The van der Waals surface area contributed by atoms with Crippen LogP contribution in [0.2, 0.25) is 0 Å². The maximum absolute atomic E-state index is 12.2. The summed E-state index contributed by atoms with van der Waals surface area (Å²) in [7, 11) is 1.65. The number of imidazole rings is 1. The second kappa shape index (κ2) is 6.72. The molecule has 0 aliphatic rings. The first-order valence-corrected chi connectivity index (χ1v) is 7.96. The van der Waals surface area contributed by atoms with Crippen LogP contribution in [-0.2, 0) is 4.74 Å². The van der Waals surface area contributed by atoms with E-state index in [9.17, 15) is 4.79 Å². The van der Waals surface area contributed by atoms with Gasteiger partial charge in [0.25, 0.3) is 5.91 Å². The average molecular weight is 315 g/mol. The third kappa shape index (κ3) is 3.03. The van der Waals surface area contributed by atoms with Crippen molar-refractivity contribution in [2.24, 2.45) is 0 Å². The molecular weight excluding hydrogens is 298 g/mol. The van der Waals surface area contributed by atoms with Gasteiger partial charge in [0.05, 0.1) is 5.69 Å². The lowest BCUT2D eigenvalue weighted by molar-refractivity contribution is 0.0943. The zero-order valence-electron chi connectivity index (χ0n) is 12.3. The summed E-state index contributed by atoms with van der Waals surface area (Å²) in [6.07, 6.45) is 2.71. The highest BCUT2D eigenvalue weighted by Crippen LogP contribution is 2.23. The van der Waals surface area contributed by atoms with Gasteiger partial charge < -0.3 is 10.1 Å². The Morgan fingerprint density at radius 2 is 2.18 bits per heavy atom. The minimum atomic E-state index is -0.0839. The van der Waals surface area contributed by atoms with Gasteiger partial charge in [-0.25, -0.2) is 4.98 Å². The molecule has 0 saturated heterocycles. The first-order chi connectivity index (χ1) is 10.8. The van der Waals surface area contributed by atoms with Crippen molar-refractivity contribution in [3.8, 4) is 11.3 Å². The Morgan fingerprint density at radius 1 is 1.36 bits per heavy atom. The highest BCUT2D eigenvalue weighted by molar-refractivity contribution is 7.15. The Bertz CT molecular complexity index is 764. The summed E-state index contributed by atoms with van der Waals surface area (Å²) in [6, 6.07) is 9.95. The number of rotatable bonds is 6. The SMILES string of the molecule is COCCCNC(=O)c1csc2nc(-c3ccccc3)cn12. The Balaban J connectivity index is 1.80. The molecule has 2 heterocycles. The van der Waals surface area contributed by atoms with Gasteiger partial charge in [-0.1, -0.05) is 30.3 Å². The minimum Gasteiger partial charge on any atom is -0.385 e. The molecule has 0 aliphatic carbocycles. The number of thiazole rings is 1. The molecule has 114 valence electrons. The van der Waals surface area contributed by atoms with E-state index in [0.717, 1.165) is 22.6 Å². The van der Waals surface area contributed by atoms with Crippen LogP contribution in [0.1, 0.15) is 16.9 Å². The molecule has 0 radical (unpaired) electrons. The largest absolute Gasteiger partial charge is 0.385 e. The van der Waals surface area contributed by atoms with Gasteiger partial charge in [0.2, 0.25) is 0 Å². The zero-order chi connectivity index (χ0) is 15.4. The van der Waals surface area contributed by atoms with Crippen molar-refractivity contribution in [1.29, 1.82) is 0 Å². The molecule has 2 aromatic heterocycles. The number of nitrogens with zero attached hydrogens (tertiary/aromatic N) is 2. The first-order valence-electron chi connectivity index (χ1n) is 7.09. The van der Waals surface area contributed by atoms with Gasteiger partial charge >= 0.3 is 0 Å². The fraction of sp³-hybridized carbons (Fsp3) is 0.250. The molecule has 1 N–H and O–H groups in total. The number of ether oxygens (including phenoxy) is 1. The lowest BCUT2D eigenvalue weighted by Crippen LogP contribution is -2.26. The summed E-state index contributed by atoms with van der Waals surface area (Å²) in [6.45, 7) is 1.24. The van der Waals surface area contributed by atoms with Crippen LogP contribution < -0.4 is 5.32 Å². The Hall–Kier alpha value is -2.18. The molecule has 0 spiro atoms. The Kier molecular flexibility index (Phi) is 4.50. The van der Waals surface area contributed by atoms with E-state index in [1.54, 1.807) is 7.11 Å². The van der Waals surface area contributed by atoms with Crippen LogP contribution >= 0.6 is 11.3 Å². The molecule has 1 aromatic carbocycles. The van der Waals surface area contributed by atoms with Crippen LogP contribution in [0.25, 0.3) is 16.2 Å². The van der Waals surface area contributed by atoms with Gasteiger partial charge in [-0.2, -0.15) is 0 Å². The molecular formula is C16H17N3O2S. The van der Waals surface area contributed by atoms with E-state index in [-0.39, 0.29) is 5.91 Å². The molecule has 0 atom stereocenters. The lowest BCUT2D eigenvalue weighted by Gasteiger charge is -2.03. The fourth-order valence-electron chi connectivity index (χ4n) is 2.20. The quantitative estimate of drug-likeness (QED) is 0.712. The van der Waals surface area contributed by atoms with E-state index in [2.05, 4.69) is 10.3 Å². The monoisotopic (exact) mass is 315 g/mol. The van der Waals surface area contributed by atoms with Crippen molar-refractivity contribution >= 4 is 22.2 Å². The van der Waals surface area contributed by atoms with Crippen LogP contribution in [-0.4, -0.2) is 35.6 Å². The molecule has 0 unspecified atom stereocenters. The molecule has 1 amide bonds. The second-order valence-corrected chi connectivity index (χ2v) is 5.70. The summed E-state index contributed by atoms with van der Waals surface area (Å²) in [4.78, 5) is 17.6. The van der Waals surface area contributed by atoms with Gasteiger partial charge in [-0.3, -0.25) is 9.20 Å². The average Bonchev–Trinajstić information content (AvgIpc) is 3.12. The summed E-state index contributed by atoms with van der Waals surface area (Å²) >= 11 is 1.47. The highest BCUT2D eigenvalue weighted by Gasteiger charge is 2.14. The fourth-order valence-corrected chi connectivity index (χ4v) is 3.06. The van der Waals surface area contributed by atoms with Crippen LogP contribution in [0, 0.1) is 0 Å². The number of hydrogen-bond donors (Lipinski definition) is 1. The molecule has 3 aromatic rings. The Morgan fingerprint density at radius 3 is 2.95 bits per heavy atom. The number of amides is 1. The molecule has 0 fully saturated rings. The summed E-state index contributed by atoms with van der Waals surface area (Å²) < 4.78 is 6.82. The number of aromatic nitrogens is 2. The number of carbonyl (C=O) groups is 1. The van der Waals surface area contributed by atoms with Crippen molar-refractivity contribution < 1.29 is 9.53 Å². The minimum absolute atomic E-state index is 0.0839. The summed E-state index contributed by atoms with van der Waals surface area (Å²) in [5.41, 5.74) is 2.54. The smallest absolute Gasteiger partial charge is 0.269 e. The van der Waals surface area contributed by atoms with E-state index in [1.165, 1.54) is 11.3 Å². The molecule has 0 bridgehead atoms. The van der Waals surface area contributed by atoms with Crippen LogP contribution in [0.15, 0.2) is 41.9 Å². The maximum atomic E-state index is 12.2. The normalized spacial score (nSPS) is 11.0. The number of benzene rings is 1. The van der Waals surface area contributed by atoms with Crippen LogP contribution in [0.4, 0.5) is 0 Å². The number of methoxy groups -OCH3 is 1. The van der Waals surface area contributed by atoms with Gasteiger partial charge in [0, 0.05) is 37.4 Å². The molecule has 6 heteroatoms. The zero-order valence-corrected chi connectivity index (χ0v) is 13.1. The van der Waals surface area contributed by atoms with Crippen molar-refractivity contribution in [3.63, 3.8) is 0 Å².